The van der Waals surface area contributed by atoms with Crippen LogP contribution in [0, 0.1) is 5.92 Å². The van der Waals surface area contributed by atoms with Crippen molar-refractivity contribution in [2.24, 2.45) is 5.92 Å². The van der Waals surface area contributed by atoms with Gasteiger partial charge in [0.1, 0.15) is 0 Å². The number of nitrogens with zero attached hydrogens (tertiary/aromatic N) is 2. The van der Waals surface area contributed by atoms with E-state index < -0.39 is 5.97 Å². The molecule has 0 aromatic carbocycles. The third kappa shape index (κ3) is 5.11. The summed E-state index contributed by atoms with van der Waals surface area (Å²) in [4.78, 5) is 15.8. The van der Waals surface area contributed by atoms with Crippen molar-refractivity contribution >= 4 is 5.97 Å². The monoisotopic (exact) mass is 268 g/mol. The van der Waals surface area contributed by atoms with Crippen LogP contribution in [0.5, 0.6) is 0 Å². The van der Waals surface area contributed by atoms with Gasteiger partial charge in [0.2, 0.25) is 0 Å². The molecule has 0 aromatic heterocycles. The Morgan fingerprint density at radius 3 is 2.68 bits per heavy atom. The van der Waals surface area contributed by atoms with Gasteiger partial charge in [-0.25, -0.2) is 0 Å². The lowest BCUT2D eigenvalue weighted by Crippen LogP contribution is -2.41. The molecule has 2 fully saturated rings. The Kier molecular flexibility index (Phi) is 5.64. The summed E-state index contributed by atoms with van der Waals surface area (Å²) in [6.07, 6.45) is 7.33. The number of carboxylic acids is 1. The van der Waals surface area contributed by atoms with Gasteiger partial charge < -0.3 is 10.0 Å². The van der Waals surface area contributed by atoms with Crippen LogP contribution in [0.1, 0.15) is 45.4 Å². The van der Waals surface area contributed by atoms with E-state index in [9.17, 15) is 4.79 Å². The minimum absolute atomic E-state index is 0.231. The SMILES string of the molecule is CCCN1CCCC(N(CC(=O)O)CC2CC2)CC1. The standard InChI is InChI=1S/C15H28N2O2/c1-2-8-16-9-3-4-14(7-10-16)17(12-15(18)19)11-13-5-6-13/h13-14H,2-12H2,1H3,(H,18,19). The average molecular weight is 268 g/mol. The third-order valence-corrected chi connectivity index (χ3v) is 4.37. The molecule has 1 saturated carbocycles. The van der Waals surface area contributed by atoms with Crippen molar-refractivity contribution in [1.29, 1.82) is 0 Å². The fourth-order valence-corrected chi connectivity index (χ4v) is 3.19. The highest BCUT2D eigenvalue weighted by Gasteiger charge is 2.30. The van der Waals surface area contributed by atoms with Crippen LogP contribution < -0.4 is 0 Å². The summed E-state index contributed by atoms with van der Waals surface area (Å²) in [5, 5.41) is 9.10. The molecular weight excluding hydrogens is 240 g/mol. The first-order valence-electron chi connectivity index (χ1n) is 7.87. The summed E-state index contributed by atoms with van der Waals surface area (Å²) in [6, 6.07) is 0.485. The zero-order valence-corrected chi connectivity index (χ0v) is 12.2. The largest absolute Gasteiger partial charge is 0.480 e. The van der Waals surface area contributed by atoms with Crippen molar-refractivity contribution in [1.82, 2.24) is 9.80 Å². The molecule has 2 rings (SSSR count). The van der Waals surface area contributed by atoms with Crippen LogP contribution >= 0.6 is 0 Å². The summed E-state index contributed by atoms with van der Waals surface area (Å²) in [5.74, 6) is 0.102. The van der Waals surface area contributed by atoms with E-state index in [2.05, 4.69) is 16.7 Å². The molecule has 4 nitrogen and oxygen atoms in total. The van der Waals surface area contributed by atoms with Gasteiger partial charge in [-0.1, -0.05) is 6.92 Å². The molecule has 1 aliphatic carbocycles. The van der Waals surface area contributed by atoms with E-state index in [1.807, 2.05) is 0 Å². The van der Waals surface area contributed by atoms with Crippen molar-refractivity contribution in [3.8, 4) is 0 Å². The molecule has 19 heavy (non-hydrogen) atoms. The van der Waals surface area contributed by atoms with Crippen LogP contribution in [0.3, 0.4) is 0 Å². The summed E-state index contributed by atoms with van der Waals surface area (Å²) in [5.41, 5.74) is 0. The second kappa shape index (κ2) is 7.25. The summed E-state index contributed by atoms with van der Waals surface area (Å²) < 4.78 is 0. The predicted octanol–water partition coefficient (Wildman–Crippen LogP) is 2.05. The van der Waals surface area contributed by atoms with Gasteiger partial charge in [0.15, 0.2) is 0 Å². The average Bonchev–Trinajstić information content (AvgIpc) is 3.15. The van der Waals surface area contributed by atoms with Crippen LogP contribution in [0.15, 0.2) is 0 Å². The first-order valence-corrected chi connectivity index (χ1v) is 7.87. The maximum Gasteiger partial charge on any atom is 0.317 e. The summed E-state index contributed by atoms with van der Waals surface area (Å²) in [6.45, 7) is 6.98. The number of aliphatic carboxylic acids is 1. The van der Waals surface area contributed by atoms with Gasteiger partial charge >= 0.3 is 5.97 Å². The molecule has 110 valence electrons. The zero-order chi connectivity index (χ0) is 13.7. The minimum atomic E-state index is -0.671. The van der Waals surface area contributed by atoms with Crippen molar-refractivity contribution in [2.45, 2.75) is 51.5 Å². The Bertz CT molecular complexity index is 292. The van der Waals surface area contributed by atoms with Crippen molar-refractivity contribution in [2.75, 3.05) is 32.7 Å². The highest BCUT2D eigenvalue weighted by atomic mass is 16.4. The molecule has 0 amide bonds. The van der Waals surface area contributed by atoms with E-state index in [0.29, 0.717) is 6.04 Å². The zero-order valence-electron chi connectivity index (χ0n) is 12.2. The Morgan fingerprint density at radius 1 is 1.26 bits per heavy atom. The molecule has 2 aliphatic rings. The normalized spacial score (nSPS) is 25.5. The third-order valence-electron chi connectivity index (χ3n) is 4.37. The maximum atomic E-state index is 11.1. The fourth-order valence-electron chi connectivity index (χ4n) is 3.19. The maximum absolute atomic E-state index is 11.1. The Morgan fingerprint density at radius 2 is 2.05 bits per heavy atom. The van der Waals surface area contributed by atoms with Crippen molar-refractivity contribution in [3.05, 3.63) is 0 Å². The molecule has 1 unspecified atom stereocenters. The second-order valence-electron chi connectivity index (χ2n) is 6.19. The number of rotatable bonds is 7. The van der Waals surface area contributed by atoms with E-state index in [4.69, 9.17) is 5.11 Å². The van der Waals surface area contributed by atoms with Crippen LogP contribution in [0.2, 0.25) is 0 Å². The first kappa shape index (κ1) is 14.8. The Hall–Kier alpha value is -0.610. The highest BCUT2D eigenvalue weighted by Crippen LogP contribution is 2.31. The quantitative estimate of drug-likeness (QED) is 0.767. The lowest BCUT2D eigenvalue weighted by molar-refractivity contribution is -0.139. The highest BCUT2D eigenvalue weighted by molar-refractivity contribution is 5.69. The van der Waals surface area contributed by atoms with Gasteiger partial charge in [0, 0.05) is 12.6 Å². The summed E-state index contributed by atoms with van der Waals surface area (Å²) in [7, 11) is 0. The van der Waals surface area contributed by atoms with Crippen LogP contribution in [0.4, 0.5) is 0 Å². The molecule has 0 bridgehead atoms. The topological polar surface area (TPSA) is 43.8 Å². The molecule has 1 saturated heterocycles. The number of hydrogen-bond donors (Lipinski definition) is 1. The van der Waals surface area contributed by atoms with Crippen LogP contribution in [0.25, 0.3) is 0 Å². The molecular formula is C15H28N2O2. The molecule has 0 spiro atoms. The molecule has 1 heterocycles. The fraction of sp³-hybridized carbons (Fsp3) is 0.933. The van der Waals surface area contributed by atoms with E-state index in [0.717, 1.165) is 25.4 Å². The van der Waals surface area contributed by atoms with Gasteiger partial charge in [-0.15, -0.1) is 0 Å². The smallest absolute Gasteiger partial charge is 0.317 e. The van der Waals surface area contributed by atoms with E-state index >= 15 is 0 Å². The number of hydrogen-bond acceptors (Lipinski definition) is 3. The predicted molar refractivity (Wildman–Crippen MR) is 76.3 cm³/mol. The second-order valence-corrected chi connectivity index (χ2v) is 6.19. The van der Waals surface area contributed by atoms with Gasteiger partial charge in [-0.3, -0.25) is 9.69 Å². The van der Waals surface area contributed by atoms with Gasteiger partial charge in [-0.05, 0) is 64.1 Å². The number of carboxylic acid groups (broad SMARTS) is 1. The van der Waals surface area contributed by atoms with Crippen molar-refractivity contribution < 1.29 is 9.90 Å². The van der Waals surface area contributed by atoms with Gasteiger partial charge in [-0.2, -0.15) is 0 Å². The van der Waals surface area contributed by atoms with E-state index in [1.165, 1.54) is 45.2 Å². The molecule has 4 heteroatoms. The Balaban J connectivity index is 1.86. The van der Waals surface area contributed by atoms with Crippen molar-refractivity contribution in [3.63, 3.8) is 0 Å². The van der Waals surface area contributed by atoms with E-state index in [-0.39, 0.29) is 6.54 Å². The molecule has 0 radical (unpaired) electrons. The van der Waals surface area contributed by atoms with Crippen LogP contribution in [-0.2, 0) is 4.79 Å². The lowest BCUT2D eigenvalue weighted by atomic mass is 10.1. The minimum Gasteiger partial charge on any atom is -0.480 e. The van der Waals surface area contributed by atoms with E-state index in [1.54, 1.807) is 0 Å². The van der Waals surface area contributed by atoms with Gasteiger partial charge in [0.05, 0.1) is 6.54 Å². The molecule has 1 aliphatic heterocycles. The number of carbonyl (C=O) groups is 1. The lowest BCUT2D eigenvalue weighted by Gasteiger charge is -2.29. The summed E-state index contributed by atoms with van der Waals surface area (Å²) >= 11 is 0. The molecule has 1 atom stereocenters. The first-order chi connectivity index (χ1) is 9.19. The molecule has 0 aromatic rings. The van der Waals surface area contributed by atoms with Gasteiger partial charge in [0.25, 0.3) is 0 Å². The number of likely N-dealkylation sites (tertiary alicyclic amines) is 1. The molecule has 1 N–H and O–H groups in total. The van der Waals surface area contributed by atoms with Crippen LogP contribution in [-0.4, -0.2) is 59.6 Å². The Labute approximate surface area is 116 Å².